The van der Waals surface area contributed by atoms with Gasteiger partial charge < -0.3 is 5.32 Å². The lowest BCUT2D eigenvalue weighted by atomic mass is 10.2. The van der Waals surface area contributed by atoms with E-state index in [1.807, 2.05) is 13.0 Å². The number of carbonyl (C=O) groups is 1. The number of carbonyl (C=O) groups excluding carboxylic acids is 1. The molecule has 0 bridgehead atoms. The van der Waals surface area contributed by atoms with Crippen molar-refractivity contribution in [2.45, 2.75) is 33.2 Å². The number of H-pyrrole nitrogens is 2. The molecule has 0 saturated heterocycles. The second-order valence-corrected chi connectivity index (χ2v) is 5.47. The Bertz CT molecular complexity index is 640. The van der Waals surface area contributed by atoms with Gasteiger partial charge in [0.1, 0.15) is 0 Å². The third-order valence-corrected chi connectivity index (χ3v) is 4.22. The predicted molar refractivity (Wildman–Crippen MR) is 73.5 cm³/mol. The Morgan fingerprint density at radius 3 is 2.84 bits per heavy atom. The highest BCUT2D eigenvalue weighted by Gasteiger charge is 2.16. The van der Waals surface area contributed by atoms with E-state index in [0.29, 0.717) is 10.7 Å². The molecular weight excluding hydrogens is 264 g/mol. The maximum absolute atomic E-state index is 12.1. The van der Waals surface area contributed by atoms with E-state index in [-0.39, 0.29) is 17.6 Å². The van der Waals surface area contributed by atoms with Crippen LogP contribution in [0.25, 0.3) is 0 Å². The van der Waals surface area contributed by atoms with E-state index in [0.717, 1.165) is 12.0 Å². The number of rotatable bonds is 4. The van der Waals surface area contributed by atoms with Crippen LogP contribution in [0.4, 0.5) is 0 Å². The van der Waals surface area contributed by atoms with E-state index in [2.05, 4.69) is 27.4 Å². The monoisotopic (exact) mass is 280 g/mol. The molecule has 2 aromatic heterocycles. The molecule has 0 unspecified atom stereocenters. The van der Waals surface area contributed by atoms with Gasteiger partial charge in [-0.3, -0.25) is 9.78 Å². The van der Waals surface area contributed by atoms with Crippen LogP contribution < -0.4 is 11.0 Å². The molecule has 0 aliphatic rings. The average molecular weight is 280 g/mol. The van der Waals surface area contributed by atoms with Crippen molar-refractivity contribution in [2.24, 2.45) is 0 Å². The van der Waals surface area contributed by atoms with Gasteiger partial charge >= 0.3 is 5.69 Å². The molecule has 0 aromatic carbocycles. The van der Waals surface area contributed by atoms with Gasteiger partial charge in [-0.25, -0.2) is 9.89 Å². The Balaban J connectivity index is 2.10. The van der Waals surface area contributed by atoms with Gasteiger partial charge in [-0.2, -0.15) is 5.10 Å². The van der Waals surface area contributed by atoms with Crippen molar-refractivity contribution in [2.75, 3.05) is 0 Å². The number of nitrogens with zero attached hydrogens (tertiary/aromatic N) is 1. The number of hydrogen-bond acceptors (Lipinski definition) is 4. The number of hydrogen-bond donors (Lipinski definition) is 3. The summed E-state index contributed by atoms with van der Waals surface area (Å²) in [6.07, 6.45) is 0.923. The zero-order valence-corrected chi connectivity index (χ0v) is 11.9. The van der Waals surface area contributed by atoms with E-state index in [1.54, 1.807) is 6.92 Å². The minimum Gasteiger partial charge on any atom is -0.342 e. The van der Waals surface area contributed by atoms with Crippen LogP contribution in [0.1, 0.15) is 45.8 Å². The van der Waals surface area contributed by atoms with Crippen molar-refractivity contribution in [3.8, 4) is 0 Å². The van der Waals surface area contributed by atoms with Crippen LogP contribution in [0, 0.1) is 6.92 Å². The molecule has 1 amide bonds. The number of amides is 1. The number of aromatic amines is 2. The molecule has 3 N–H and O–H groups in total. The van der Waals surface area contributed by atoms with Gasteiger partial charge in [0.15, 0.2) is 5.82 Å². The number of nitrogens with one attached hydrogen (secondary N) is 3. The van der Waals surface area contributed by atoms with Crippen molar-refractivity contribution >= 4 is 17.2 Å². The van der Waals surface area contributed by atoms with Crippen molar-refractivity contribution in [3.63, 3.8) is 0 Å². The number of aryl methyl sites for hydroxylation is 2. The molecule has 1 atom stereocenters. The van der Waals surface area contributed by atoms with E-state index in [4.69, 9.17) is 0 Å². The summed E-state index contributed by atoms with van der Waals surface area (Å²) >= 11 is 1.50. The molecule has 0 saturated carbocycles. The maximum Gasteiger partial charge on any atom is 0.340 e. The lowest BCUT2D eigenvalue weighted by molar-refractivity contribution is 0.0942. The fourth-order valence-corrected chi connectivity index (χ4v) is 2.82. The Morgan fingerprint density at radius 2 is 2.32 bits per heavy atom. The fourth-order valence-electron chi connectivity index (χ4n) is 1.81. The van der Waals surface area contributed by atoms with E-state index in [1.165, 1.54) is 16.2 Å². The van der Waals surface area contributed by atoms with Gasteiger partial charge in [0.25, 0.3) is 5.91 Å². The van der Waals surface area contributed by atoms with Crippen molar-refractivity contribution in [1.29, 1.82) is 0 Å². The Hall–Kier alpha value is -1.89. The van der Waals surface area contributed by atoms with Crippen LogP contribution in [0.5, 0.6) is 0 Å². The number of thiophene rings is 1. The van der Waals surface area contributed by atoms with Gasteiger partial charge in [-0.15, -0.1) is 11.3 Å². The van der Waals surface area contributed by atoms with Crippen LogP contribution in [0.2, 0.25) is 0 Å². The van der Waals surface area contributed by atoms with Crippen molar-refractivity contribution in [3.05, 3.63) is 37.7 Å². The summed E-state index contributed by atoms with van der Waals surface area (Å²) in [7, 11) is 0. The standard InChI is InChI=1S/C12H16N4O2S/c1-4-8-6(2)5-9(19-8)11(17)13-7(3)10-14-12(18)16-15-10/h5,7H,4H2,1-3H3,(H,13,17)(H2,14,15,16,18)/t7-/m0/s1. The molecule has 2 heterocycles. The zero-order chi connectivity index (χ0) is 14.0. The molecule has 102 valence electrons. The van der Waals surface area contributed by atoms with Crippen LogP contribution in [0.15, 0.2) is 10.9 Å². The number of aromatic nitrogens is 3. The molecule has 0 aliphatic heterocycles. The highest BCUT2D eigenvalue weighted by atomic mass is 32.1. The third kappa shape index (κ3) is 2.93. The minimum absolute atomic E-state index is 0.149. The van der Waals surface area contributed by atoms with E-state index < -0.39 is 0 Å². The SMILES string of the molecule is CCc1sc(C(=O)N[C@@H](C)c2n[nH]c(=O)[nH]2)cc1C. The van der Waals surface area contributed by atoms with Crippen LogP contribution in [-0.4, -0.2) is 21.1 Å². The summed E-state index contributed by atoms with van der Waals surface area (Å²) in [5.41, 5.74) is 0.759. The van der Waals surface area contributed by atoms with Crippen LogP contribution in [0.3, 0.4) is 0 Å². The first-order chi connectivity index (χ1) is 9.01. The Kier molecular flexibility index (Phi) is 3.84. The highest BCUT2D eigenvalue weighted by molar-refractivity contribution is 7.14. The minimum atomic E-state index is -0.378. The molecule has 7 heteroatoms. The van der Waals surface area contributed by atoms with Gasteiger partial charge in [0.2, 0.25) is 0 Å². The molecular formula is C12H16N4O2S. The summed E-state index contributed by atoms with van der Waals surface area (Å²) < 4.78 is 0. The highest BCUT2D eigenvalue weighted by Crippen LogP contribution is 2.22. The van der Waals surface area contributed by atoms with Crippen LogP contribution >= 0.6 is 11.3 Å². The molecule has 2 rings (SSSR count). The first-order valence-electron chi connectivity index (χ1n) is 6.06. The second kappa shape index (κ2) is 5.40. The smallest absolute Gasteiger partial charge is 0.340 e. The van der Waals surface area contributed by atoms with Gasteiger partial charge in [-0.05, 0) is 31.9 Å². The lowest BCUT2D eigenvalue weighted by Crippen LogP contribution is -2.26. The van der Waals surface area contributed by atoms with E-state index >= 15 is 0 Å². The molecule has 0 spiro atoms. The average Bonchev–Trinajstić information content (AvgIpc) is 2.95. The largest absolute Gasteiger partial charge is 0.342 e. The first-order valence-corrected chi connectivity index (χ1v) is 6.87. The molecule has 0 fully saturated rings. The van der Waals surface area contributed by atoms with Crippen LogP contribution in [-0.2, 0) is 6.42 Å². The zero-order valence-electron chi connectivity index (χ0n) is 11.0. The maximum atomic E-state index is 12.1. The molecule has 2 aromatic rings. The third-order valence-electron chi connectivity index (χ3n) is 2.84. The van der Waals surface area contributed by atoms with Crippen molar-refractivity contribution < 1.29 is 4.79 Å². The lowest BCUT2D eigenvalue weighted by Gasteiger charge is -2.09. The molecule has 0 radical (unpaired) electrons. The van der Waals surface area contributed by atoms with Gasteiger partial charge in [0, 0.05) is 4.88 Å². The molecule has 6 nitrogen and oxygen atoms in total. The van der Waals surface area contributed by atoms with Gasteiger partial charge in [-0.1, -0.05) is 6.92 Å². The summed E-state index contributed by atoms with van der Waals surface area (Å²) in [5.74, 6) is 0.270. The first kappa shape index (κ1) is 13.5. The predicted octanol–water partition coefficient (Wildman–Crippen LogP) is 1.52. The normalized spacial score (nSPS) is 12.4. The van der Waals surface area contributed by atoms with Crippen molar-refractivity contribution in [1.82, 2.24) is 20.5 Å². The summed E-state index contributed by atoms with van der Waals surface area (Å²) in [6, 6.07) is 1.54. The second-order valence-electron chi connectivity index (χ2n) is 4.33. The Morgan fingerprint density at radius 1 is 1.58 bits per heavy atom. The summed E-state index contributed by atoms with van der Waals surface area (Å²) in [4.78, 5) is 27.5. The Labute approximate surface area is 114 Å². The fraction of sp³-hybridized carbons (Fsp3) is 0.417. The summed E-state index contributed by atoms with van der Waals surface area (Å²) in [6.45, 7) is 5.84. The van der Waals surface area contributed by atoms with Gasteiger partial charge in [0.05, 0.1) is 10.9 Å². The molecule has 19 heavy (non-hydrogen) atoms. The van der Waals surface area contributed by atoms with E-state index in [9.17, 15) is 9.59 Å². The summed E-state index contributed by atoms with van der Waals surface area (Å²) in [5, 5.41) is 8.88. The quantitative estimate of drug-likeness (QED) is 0.793. The molecule has 0 aliphatic carbocycles. The topological polar surface area (TPSA) is 90.6 Å².